The van der Waals surface area contributed by atoms with Crippen LogP contribution in [0.2, 0.25) is 0 Å². The number of aromatic nitrogens is 2. The lowest BCUT2D eigenvalue weighted by Gasteiger charge is -2.38. The lowest BCUT2D eigenvalue weighted by Crippen LogP contribution is -2.55. The summed E-state index contributed by atoms with van der Waals surface area (Å²) in [5.41, 5.74) is 0.947. The molecule has 1 aromatic heterocycles. The van der Waals surface area contributed by atoms with Crippen molar-refractivity contribution in [3.63, 3.8) is 0 Å². The topological polar surface area (TPSA) is 69.8 Å². The second-order valence-corrected chi connectivity index (χ2v) is 5.28. The maximum atomic E-state index is 12.1. The second-order valence-electron chi connectivity index (χ2n) is 5.28. The van der Waals surface area contributed by atoms with Crippen LogP contribution < -0.4 is 10.6 Å². The largest absolute Gasteiger partial charge is 0.349 e. The quantitative estimate of drug-likeness (QED) is 0.727. The minimum absolute atomic E-state index is 0.0241. The standard InChI is InChI=1S/C12H20N4O/c1-12(2)5-3-6-13-10(12)11(17)14-8-9-4-7-15-16-9/h4,7,10,13H,3,5-6,8H2,1-2H3,(H,14,17)(H,15,16). The van der Waals surface area contributed by atoms with Gasteiger partial charge < -0.3 is 10.6 Å². The monoisotopic (exact) mass is 236 g/mol. The zero-order valence-corrected chi connectivity index (χ0v) is 10.4. The highest BCUT2D eigenvalue weighted by atomic mass is 16.2. The number of carbonyl (C=O) groups excluding carboxylic acids is 1. The van der Waals surface area contributed by atoms with Crippen LogP contribution in [0.4, 0.5) is 0 Å². The Balaban J connectivity index is 1.90. The predicted molar refractivity (Wildman–Crippen MR) is 65.2 cm³/mol. The van der Waals surface area contributed by atoms with Gasteiger partial charge in [-0.05, 0) is 30.9 Å². The molecular formula is C12H20N4O. The molecule has 0 aliphatic carbocycles. The molecule has 5 nitrogen and oxygen atoms in total. The fraction of sp³-hybridized carbons (Fsp3) is 0.667. The van der Waals surface area contributed by atoms with Crippen molar-refractivity contribution >= 4 is 5.91 Å². The van der Waals surface area contributed by atoms with E-state index in [0.717, 1.165) is 25.1 Å². The summed E-state index contributed by atoms with van der Waals surface area (Å²) in [6.07, 6.45) is 3.91. The summed E-state index contributed by atoms with van der Waals surface area (Å²) in [4.78, 5) is 12.1. The average Bonchev–Trinajstić information content (AvgIpc) is 2.78. The van der Waals surface area contributed by atoms with Gasteiger partial charge in [0.25, 0.3) is 0 Å². The minimum Gasteiger partial charge on any atom is -0.349 e. The molecule has 0 spiro atoms. The van der Waals surface area contributed by atoms with Gasteiger partial charge in [-0.3, -0.25) is 9.89 Å². The second kappa shape index (κ2) is 4.87. The van der Waals surface area contributed by atoms with E-state index < -0.39 is 0 Å². The number of nitrogens with zero attached hydrogens (tertiary/aromatic N) is 1. The molecular weight excluding hydrogens is 216 g/mol. The minimum atomic E-state index is -0.0980. The van der Waals surface area contributed by atoms with Gasteiger partial charge in [0, 0.05) is 6.20 Å². The molecule has 2 heterocycles. The van der Waals surface area contributed by atoms with Crippen LogP contribution >= 0.6 is 0 Å². The van der Waals surface area contributed by atoms with Crippen molar-refractivity contribution in [1.82, 2.24) is 20.8 Å². The van der Waals surface area contributed by atoms with E-state index in [9.17, 15) is 4.79 Å². The van der Waals surface area contributed by atoms with Crippen LogP contribution in [-0.4, -0.2) is 28.7 Å². The fourth-order valence-electron chi connectivity index (χ4n) is 2.33. The summed E-state index contributed by atoms with van der Waals surface area (Å²) in [5.74, 6) is 0.0734. The van der Waals surface area contributed by atoms with E-state index in [1.54, 1.807) is 6.20 Å². The molecule has 5 heteroatoms. The van der Waals surface area contributed by atoms with Crippen molar-refractivity contribution in [3.05, 3.63) is 18.0 Å². The number of aromatic amines is 1. The van der Waals surface area contributed by atoms with Crippen molar-refractivity contribution in [2.75, 3.05) is 6.54 Å². The number of piperidine rings is 1. The van der Waals surface area contributed by atoms with E-state index in [4.69, 9.17) is 0 Å². The number of nitrogens with one attached hydrogen (secondary N) is 3. The molecule has 1 saturated heterocycles. The summed E-state index contributed by atoms with van der Waals surface area (Å²) >= 11 is 0. The summed E-state index contributed by atoms with van der Waals surface area (Å²) in [5, 5.41) is 12.9. The average molecular weight is 236 g/mol. The molecule has 0 radical (unpaired) electrons. The Labute approximate surface area is 101 Å². The molecule has 1 aromatic rings. The first-order valence-corrected chi connectivity index (χ1v) is 6.09. The SMILES string of the molecule is CC1(C)CCCNC1C(=O)NCc1ccn[nH]1. The highest BCUT2D eigenvalue weighted by molar-refractivity contribution is 5.82. The van der Waals surface area contributed by atoms with Crippen molar-refractivity contribution in [2.24, 2.45) is 5.41 Å². The first-order chi connectivity index (χ1) is 8.09. The van der Waals surface area contributed by atoms with Crippen LogP contribution in [0.25, 0.3) is 0 Å². The fourth-order valence-corrected chi connectivity index (χ4v) is 2.33. The van der Waals surface area contributed by atoms with Gasteiger partial charge in [0.05, 0.1) is 18.3 Å². The summed E-state index contributed by atoms with van der Waals surface area (Å²) in [6.45, 7) is 5.71. The van der Waals surface area contributed by atoms with E-state index in [1.165, 1.54) is 0 Å². The van der Waals surface area contributed by atoms with Crippen molar-refractivity contribution < 1.29 is 4.79 Å². The molecule has 1 amide bonds. The van der Waals surface area contributed by atoms with E-state index in [2.05, 4.69) is 34.7 Å². The third-order valence-corrected chi connectivity index (χ3v) is 3.40. The van der Waals surface area contributed by atoms with Crippen LogP contribution in [0.3, 0.4) is 0 Å². The van der Waals surface area contributed by atoms with Crippen LogP contribution in [0, 0.1) is 5.41 Å². The van der Waals surface area contributed by atoms with E-state index >= 15 is 0 Å². The molecule has 17 heavy (non-hydrogen) atoms. The molecule has 1 unspecified atom stereocenters. The molecule has 1 atom stereocenters. The molecule has 1 fully saturated rings. The van der Waals surface area contributed by atoms with Gasteiger partial charge in [-0.2, -0.15) is 5.10 Å². The number of hydrogen-bond donors (Lipinski definition) is 3. The molecule has 1 aliphatic heterocycles. The van der Waals surface area contributed by atoms with Crippen molar-refractivity contribution in [1.29, 1.82) is 0 Å². The molecule has 2 rings (SSSR count). The Morgan fingerprint density at radius 3 is 3.12 bits per heavy atom. The first-order valence-electron chi connectivity index (χ1n) is 6.09. The highest BCUT2D eigenvalue weighted by Gasteiger charge is 2.36. The normalized spacial score (nSPS) is 23.3. The predicted octanol–water partition coefficient (Wildman–Crippen LogP) is 0.804. The molecule has 1 aliphatic rings. The van der Waals surface area contributed by atoms with Gasteiger partial charge in [0.1, 0.15) is 0 Å². The molecule has 94 valence electrons. The van der Waals surface area contributed by atoms with Crippen LogP contribution in [0.1, 0.15) is 32.4 Å². The Hall–Kier alpha value is -1.36. The molecule has 0 saturated carbocycles. The number of carbonyl (C=O) groups is 1. The third kappa shape index (κ3) is 2.85. The smallest absolute Gasteiger partial charge is 0.238 e. The lowest BCUT2D eigenvalue weighted by molar-refractivity contribution is -0.126. The van der Waals surface area contributed by atoms with Crippen LogP contribution in [0.15, 0.2) is 12.3 Å². The van der Waals surface area contributed by atoms with Crippen LogP contribution in [-0.2, 0) is 11.3 Å². The van der Waals surface area contributed by atoms with Gasteiger partial charge in [0.2, 0.25) is 5.91 Å². The highest BCUT2D eigenvalue weighted by Crippen LogP contribution is 2.30. The van der Waals surface area contributed by atoms with Crippen molar-refractivity contribution in [2.45, 2.75) is 39.3 Å². The zero-order valence-electron chi connectivity index (χ0n) is 10.4. The lowest BCUT2D eigenvalue weighted by atomic mass is 9.77. The first kappa shape index (κ1) is 12.1. The van der Waals surface area contributed by atoms with Gasteiger partial charge in [0.15, 0.2) is 0 Å². The number of H-pyrrole nitrogens is 1. The van der Waals surface area contributed by atoms with Gasteiger partial charge in [-0.15, -0.1) is 0 Å². The maximum absolute atomic E-state index is 12.1. The summed E-state index contributed by atoms with van der Waals surface area (Å²) in [6, 6.07) is 1.76. The number of amides is 1. The Kier molecular flexibility index (Phi) is 3.47. The van der Waals surface area contributed by atoms with E-state index in [-0.39, 0.29) is 17.4 Å². The third-order valence-electron chi connectivity index (χ3n) is 3.40. The molecule has 0 aromatic carbocycles. The Morgan fingerprint density at radius 2 is 2.47 bits per heavy atom. The summed E-state index contributed by atoms with van der Waals surface area (Å²) < 4.78 is 0. The van der Waals surface area contributed by atoms with E-state index in [0.29, 0.717) is 6.54 Å². The van der Waals surface area contributed by atoms with Crippen LogP contribution in [0.5, 0.6) is 0 Å². The zero-order chi connectivity index (χ0) is 12.3. The van der Waals surface area contributed by atoms with Gasteiger partial charge >= 0.3 is 0 Å². The number of rotatable bonds is 3. The molecule has 0 bridgehead atoms. The Bertz CT molecular complexity index is 372. The van der Waals surface area contributed by atoms with Gasteiger partial charge in [-0.1, -0.05) is 13.8 Å². The number of hydrogen-bond acceptors (Lipinski definition) is 3. The summed E-state index contributed by atoms with van der Waals surface area (Å²) in [7, 11) is 0. The van der Waals surface area contributed by atoms with Gasteiger partial charge in [-0.25, -0.2) is 0 Å². The Morgan fingerprint density at radius 1 is 1.65 bits per heavy atom. The molecule has 3 N–H and O–H groups in total. The van der Waals surface area contributed by atoms with Crippen molar-refractivity contribution in [3.8, 4) is 0 Å². The van der Waals surface area contributed by atoms with E-state index in [1.807, 2.05) is 6.07 Å². The maximum Gasteiger partial charge on any atom is 0.238 e.